The van der Waals surface area contributed by atoms with Crippen LogP contribution in [0.5, 0.6) is 0 Å². The van der Waals surface area contributed by atoms with Crippen molar-refractivity contribution in [1.82, 2.24) is 25.8 Å². The summed E-state index contributed by atoms with van der Waals surface area (Å²) < 4.78 is 0. The van der Waals surface area contributed by atoms with E-state index < -0.39 is 35.7 Å². The lowest BCUT2D eigenvalue weighted by Gasteiger charge is -2.41. The number of hydrogen-bond acceptors (Lipinski definition) is 7. The van der Waals surface area contributed by atoms with Gasteiger partial charge in [-0.05, 0) is 75.8 Å². The number of rotatable bonds is 13. The molecule has 0 saturated carbocycles. The molecule has 0 bridgehead atoms. The molecule has 0 unspecified atom stereocenters. The van der Waals surface area contributed by atoms with Gasteiger partial charge in [0, 0.05) is 34.2 Å². The van der Waals surface area contributed by atoms with Crippen molar-refractivity contribution in [3.8, 4) is 0 Å². The molecule has 2 heterocycles. The Balaban J connectivity index is 1.33. The van der Waals surface area contributed by atoms with Gasteiger partial charge in [0.05, 0.1) is 23.7 Å². The largest absolute Gasteiger partial charge is 0.390 e. The van der Waals surface area contributed by atoms with Crippen LogP contribution in [0.1, 0.15) is 63.5 Å². The highest BCUT2D eigenvalue weighted by Crippen LogP contribution is 2.33. The van der Waals surface area contributed by atoms with Crippen LogP contribution in [0.3, 0.4) is 0 Å². The van der Waals surface area contributed by atoms with Crippen molar-refractivity contribution in [3.63, 3.8) is 0 Å². The van der Waals surface area contributed by atoms with Crippen molar-refractivity contribution in [2.45, 2.75) is 93.8 Å². The minimum Gasteiger partial charge on any atom is -0.390 e. The number of piperidine rings is 1. The summed E-state index contributed by atoms with van der Waals surface area (Å²) in [5.41, 5.74) is 1.45. The maximum Gasteiger partial charge on any atom is 0.270 e. The number of thioether (sulfide) groups is 1. The van der Waals surface area contributed by atoms with Crippen LogP contribution in [-0.2, 0) is 16.0 Å². The number of aliphatic hydroxyl groups is 1. The highest BCUT2D eigenvalue weighted by molar-refractivity contribution is 8.00. The molecule has 51 heavy (non-hydrogen) atoms. The van der Waals surface area contributed by atoms with Gasteiger partial charge >= 0.3 is 0 Å². The summed E-state index contributed by atoms with van der Waals surface area (Å²) in [5.74, 6) is -1.14. The van der Waals surface area contributed by atoms with Gasteiger partial charge in [-0.15, -0.1) is 11.8 Å². The molecule has 270 valence electrons. The molecule has 4 aromatic rings. The monoisotopic (exact) mass is 709 g/mol. The fourth-order valence-electron chi connectivity index (χ4n) is 6.46. The number of amides is 3. The van der Waals surface area contributed by atoms with Gasteiger partial charge in [0.15, 0.2) is 0 Å². The molecular formula is C41H51N5O4S. The van der Waals surface area contributed by atoms with Gasteiger partial charge in [-0.2, -0.15) is 0 Å². The minimum atomic E-state index is -0.997. The van der Waals surface area contributed by atoms with Gasteiger partial charge in [-0.3, -0.25) is 19.3 Å². The highest BCUT2D eigenvalue weighted by Gasteiger charge is 2.38. The predicted molar refractivity (Wildman–Crippen MR) is 204 cm³/mol. The number of benzene rings is 3. The van der Waals surface area contributed by atoms with Crippen molar-refractivity contribution in [1.29, 1.82) is 0 Å². The second-order valence-electron chi connectivity index (χ2n) is 14.8. The second-order valence-corrected chi connectivity index (χ2v) is 16.2. The molecule has 1 aliphatic rings. The first-order valence-corrected chi connectivity index (χ1v) is 18.7. The smallest absolute Gasteiger partial charge is 0.270 e. The van der Waals surface area contributed by atoms with E-state index in [0.29, 0.717) is 24.9 Å². The zero-order valence-corrected chi connectivity index (χ0v) is 31.0. The summed E-state index contributed by atoms with van der Waals surface area (Å²) in [4.78, 5) is 48.8. The summed E-state index contributed by atoms with van der Waals surface area (Å²) in [6.45, 7) is 10.5. The number of aliphatic hydroxyl groups excluding tert-OH is 1. The second kappa shape index (κ2) is 17.3. The third kappa shape index (κ3) is 10.9. The number of carbonyl (C=O) groups excluding carboxylic acids is 3. The maximum atomic E-state index is 14.0. The average molecular weight is 710 g/mol. The molecule has 5 atom stereocenters. The van der Waals surface area contributed by atoms with Crippen molar-refractivity contribution in [2.75, 3.05) is 13.1 Å². The van der Waals surface area contributed by atoms with Crippen LogP contribution in [0.4, 0.5) is 0 Å². The van der Waals surface area contributed by atoms with Crippen LogP contribution in [0.15, 0.2) is 102 Å². The molecule has 3 amide bonds. The molecule has 0 spiro atoms. The van der Waals surface area contributed by atoms with Crippen LogP contribution < -0.4 is 16.0 Å². The Morgan fingerprint density at radius 1 is 0.902 bits per heavy atom. The standard InChI is InChI=1S/C41H51N5O4S/c1-27(2)37(44-38(48)33-21-20-29-16-12-13-19-32(29)42-33)40(50)43-34(24-28-14-8-6-9-15-28)36(47)26-46-23-22-31(51-30-17-10-7-11-18-30)25-35(46)39(49)45-41(3,4)5/h6-21,27,31,34-37,47H,22-26H2,1-5H3,(H,43,50)(H,44,48)(H,45,49)/t31-,34+,35+,36-,37+/m1/s1. The number of β-amino-alcohol motifs (C(OH)–C–C–N with tert-alkyl or cyclic N) is 1. The van der Waals surface area contributed by atoms with E-state index in [0.717, 1.165) is 17.4 Å². The van der Waals surface area contributed by atoms with Gasteiger partial charge in [-0.25, -0.2) is 4.98 Å². The topological polar surface area (TPSA) is 124 Å². The highest BCUT2D eigenvalue weighted by atomic mass is 32.2. The molecule has 1 aromatic heterocycles. The zero-order valence-electron chi connectivity index (χ0n) is 30.2. The molecule has 3 aromatic carbocycles. The Bertz CT molecular complexity index is 1760. The van der Waals surface area contributed by atoms with Gasteiger partial charge < -0.3 is 21.1 Å². The number of fused-ring (bicyclic) bond motifs is 1. The average Bonchev–Trinajstić information content (AvgIpc) is 3.10. The molecular weight excluding hydrogens is 659 g/mol. The summed E-state index contributed by atoms with van der Waals surface area (Å²) in [5, 5.41) is 22.2. The number of nitrogens with zero attached hydrogens (tertiary/aromatic N) is 2. The van der Waals surface area contributed by atoms with Crippen molar-refractivity contribution < 1.29 is 19.5 Å². The van der Waals surface area contributed by atoms with Crippen molar-refractivity contribution in [3.05, 3.63) is 108 Å². The molecule has 5 rings (SSSR count). The van der Waals surface area contributed by atoms with Crippen molar-refractivity contribution in [2.24, 2.45) is 5.92 Å². The number of likely N-dealkylation sites (tertiary alicyclic amines) is 1. The number of hydrogen-bond donors (Lipinski definition) is 4. The van der Waals surface area contributed by atoms with Crippen LogP contribution >= 0.6 is 11.8 Å². The van der Waals surface area contributed by atoms with Crippen LogP contribution in [0.2, 0.25) is 0 Å². The van der Waals surface area contributed by atoms with Gasteiger partial charge in [0.2, 0.25) is 11.8 Å². The van der Waals surface area contributed by atoms with E-state index in [1.807, 2.05) is 113 Å². The Hall–Kier alpha value is -4.25. The lowest BCUT2D eigenvalue weighted by molar-refractivity contribution is -0.130. The number of carbonyl (C=O) groups is 3. The maximum absolute atomic E-state index is 14.0. The van der Waals surface area contributed by atoms with E-state index >= 15 is 0 Å². The lowest BCUT2D eigenvalue weighted by atomic mass is 9.95. The first kappa shape index (κ1) is 38.0. The van der Waals surface area contributed by atoms with Crippen molar-refractivity contribution >= 4 is 40.4 Å². The van der Waals surface area contributed by atoms with E-state index in [2.05, 4.69) is 38.0 Å². The number of aromatic nitrogens is 1. The third-order valence-corrected chi connectivity index (χ3v) is 10.4. The Kier molecular flexibility index (Phi) is 12.9. The van der Waals surface area contributed by atoms with E-state index in [1.165, 1.54) is 4.90 Å². The van der Waals surface area contributed by atoms with Gasteiger partial charge in [0.25, 0.3) is 5.91 Å². The molecule has 1 saturated heterocycles. The number of nitrogens with one attached hydrogen (secondary N) is 3. The van der Waals surface area contributed by atoms with Gasteiger partial charge in [-0.1, -0.05) is 86.6 Å². The molecule has 10 heteroatoms. The molecule has 0 radical (unpaired) electrons. The number of para-hydroxylation sites is 1. The summed E-state index contributed by atoms with van der Waals surface area (Å²) in [7, 11) is 0. The first-order valence-electron chi connectivity index (χ1n) is 17.8. The summed E-state index contributed by atoms with van der Waals surface area (Å²) in [6, 6.07) is 29.0. The fraction of sp³-hybridized carbons (Fsp3) is 0.415. The Labute approximate surface area is 306 Å². The quantitative estimate of drug-likeness (QED) is 0.142. The van der Waals surface area contributed by atoms with E-state index in [4.69, 9.17) is 0 Å². The SMILES string of the molecule is CC(C)[C@H](NC(=O)c1ccc2ccccc2n1)C(=O)N[C@@H](Cc1ccccc1)[C@H](O)CN1CC[C@@H](Sc2ccccc2)C[C@H]1C(=O)NC(C)(C)C. The fourth-order valence-corrected chi connectivity index (χ4v) is 7.66. The van der Waals surface area contributed by atoms with Crippen LogP contribution in [0, 0.1) is 5.92 Å². The molecule has 1 aliphatic heterocycles. The zero-order chi connectivity index (χ0) is 36.5. The molecule has 4 N–H and O–H groups in total. The molecule has 9 nitrogen and oxygen atoms in total. The normalized spacial score (nSPS) is 18.5. The predicted octanol–water partition coefficient (Wildman–Crippen LogP) is 5.62. The third-order valence-electron chi connectivity index (χ3n) is 9.09. The van der Waals surface area contributed by atoms with Gasteiger partial charge in [0.1, 0.15) is 11.7 Å². The lowest BCUT2D eigenvalue weighted by Crippen LogP contribution is -2.60. The summed E-state index contributed by atoms with van der Waals surface area (Å²) >= 11 is 1.79. The van der Waals surface area contributed by atoms with E-state index in [-0.39, 0.29) is 35.2 Å². The molecule has 0 aliphatic carbocycles. The van der Waals surface area contributed by atoms with E-state index in [1.54, 1.807) is 17.8 Å². The summed E-state index contributed by atoms with van der Waals surface area (Å²) in [6.07, 6.45) is 0.862. The number of pyridine rings is 1. The minimum absolute atomic E-state index is 0.0680. The Morgan fingerprint density at radius 2 is 1.57 bits per heavy atom. The first-order chi connectivity index (χ1) is 24.4. The Morgan fingerprint density at radius 3 is 2.25 bits per heavy atom. The van der Waals surface area contributed by atoms with E-state index in [9.17, 15) is 19.5 Å². The van der Waals surface area contributed by atoms with Crippen LogP contribution in [0.25, 0.3) is 10.9 Å². The van der Waals surface area contributed by atoms with Crippen LogP contribution in [-0.4, -0.2) is 80.8 Å². The molecule has 1 fully saturated rings.